The van der Waals surface area contributed by atoms with Gasteiger partial charge in [0.15, 0.2) is 0 Å². The van der Waals surface area contributed by atoms with E-state index in [1.807, 2.05) is 0 Å². The molecule has 0 heterocycles. The molecule has 0 spiro atoms. The Morgan fingerprint density at radius 1 is 1.22 bits per heavy atom. The summed E-state index contributed by atoms with van der Waals surface area (Å²) in [4.78, 5) is 0. The maximum absolute atomic E-state index is 4.30. The Morgan fingerprint density at radius 3 is 2.33 bits per heavy atom. The Bertz CT molecular complexity index is 473. The van der Waals surface area contributed by atoms with E-state index in [1.54, 1.807) is 0 Å². The molecule has 0 aromatic heterocycles. The molecule has 0 aliphatic heterocycles. The molecule has 0 radical (unpaired) electrons. The van der Waals surface area contributed by atoms with Crippen molar-refractivity contribution in [3.63, 3.8) is 0 Å². The van der Waals surface area contributed by atoms with Gasteiger partial charge in [-0.3, -0.25) is 0 Å². The predicted molar refractivity (Wildman–Crippen MR) is 83.0 cm³/mol. The van der Waals surface area contributed by atoms with Crippen LogP contribution in [0.3, 0.4) is 0 Å². The van der Waals surface area contributed by atoms with Gasteiger partial charge in [-0.05, 0) is 60.9 Å². The molecule has 0 saturated heterocycles. The number of allylic oxidation sites excluding steroid dienone is 3. The molecule has 0 unspecified atom stereocenters. The molecule has 1 rings (SSSR count). The number of rotatable bonds is 4. The van der Waals surface area contributed by atoms with Crippen molar-refractivity contribution < 1.29 is 0 Å². The summed E-state index contributed by atoms with van der Waals surface area (Å²) in [7, 11) is 0. The van der Waals surface area contributed by atoms with Gasteiger partial charge >= 0.3 is 0 Å². The van der Waals surface area contributed by atoms with E-state index in [-0.39, 0.29) is 0 Å². The standard InChI is InChI=1S/C18H26/c1-8-13(4)15(6)16(7)18-11-17(12(2)3)10-9-14(18)5/h9-12H,7-8H2,1-6H3/b15-13+. The molecular formula is C18H26. The SMILES string of the molecule is C=C(/C(C)=C(\C)CC)c1cc(C(C)C)ccc1C. The molecule has 0 aliphatic rings. The first-order chi connectivity index (χ1) is 8.38. The van der Waals surface area contributed by atoms with Crippen molar-refractivity contribution in [3.8, 4) is 0 Å². The monoisotopic (exact) mass is 242 g/mol. The molecule has 0 heteroatoms. The lowest BCUT2D eigenvalue weighted by Gasteiger charge is -2.15. The minimum absolute atomic E-state index is 0.564. The molecule has 1 aromatic rings. The van der Waals surface area contributed by atoms with E-state index in [9.17, 15) is 0 Å². The van der Waals surface area contributed by atoms with Gasteiger partial charge in [-0.2, -0.15) is 0 Å². The van der Waals surface area contributed by atoms with Gasteiger partial charge in [-0.25, -0.2) is 0 Å². The van der Waals surface area contributed by atoms with Gasteiger partial charge in [0.2, 0.25) is 0 Å². The first-order valence-electron chi connectivity index (χ1n) is 6.85. The fraction of sp³-hybridized carbons (Fsp3) is 0.444. The van der Waals surface area contributed by atoms with E-state index in [2.05, 4.69) is 66.3 Å². The normalized spacial score (nSPS) is 12.6. The summed E-state index contributed by atoms with van der Waals surface area (Å²) >= 11 is 0. The molecule has 0 amide bonds. The van der Waals surface area contributed by atoms with Crippen LogP contribution in [0.1, 0.15) is 63.6 Å². The van der Waals surface area contributed by atoms with Gasteiger partial charge in [-0.15, -0.1) is 0 Å². The second-order valence-corrected chi connectivity index (χ2v) is 5.47. The third-order valence-electron chi connectivity index (χ3n) is 3.88. The zero-order valence-corrected chi connectivity index (χ0v) is 12.7. The van der Waals surface area contributed by atoms with E-state index in [0.29, 0.717) is 5.92 Å². The Hall–Kier alpha value is -1.30. The van der Waals surface area contributed by atoms with Crippen molar-refractivity contribution >= 4 is 5.57 Å². The van der Waals surface area contributed by atoms with Crippen molar-refractivity contribution in [1.82, 2.24) is 0 Å². The van der Waals surface area contributed by atoms with Gasteiger partial charge in [0.25, 0.3) is 0 Å². The molecule has 0 atom stereocenters. The smallest absolute Gasteiger partial charge is 0.0155 e. The maximum atomic E-state index is 4.30. The molecule has 0 saturated carbocycles. The summed E-state index contributed by atoms with van der Waals surface area (Å²) in [6, 6.07) is 6.74. The minimum Gasteiger partial charge on any atom is -0.0909 e. The van der Waals surface area contributed by atoms with Crippen LogP contribution in [0.5, 0.6) is 0 Å². The van der Waals surface area contributed by atoms with Gasteiger partial charge in [0.05, 0.1) is 0 Å². The lowest BCUT2D eigenvalue weighted by Crippen LogP contribution is -1.96. The number of aryl methyl sites for hydroxylation is 1. The van der Waals surface area contributed by atoms with E-state index >= 15 is 0 Å². The molecular weight excluding hydrogens is 216 g/mol. The Kier molecular flexibility index (Phi) is 4.95. The highest BCUT2D eigenvalue weighted by Crippen LogP contribution is 2.29. The molecule has 0 bridgehead atoms. The number of hydrogen-bond acceptors (Lipinski definition) is 0. The average molecular weight is 242 g/mol. The Balaban J connectivity index is 3.25. The second kappa shape index (κ2) is 6.04. The summed E-state index contributed by atoms with van der Waals surface area (Å²) in [5.41, 5.74) is 7.93. The van der Waals surface area contributed by atoms with Crippen LogP contribution in [-0.2, 0) is 0 Å². The number of hydrogen-bond donors (Lipinski definition) is 0. The zero-order valence-electron chi connectivity index (χ0n) is 12.7. The fourth-order valence-electron chi connectivity index (χ4n) is 2.05. The van der Waals surface area contributed by atoms with Crippen molar-refractivity contribution in [1.29, 1.82) is 0 Å². The molecule has 0 aliphatic carbocycles. The van der Waals surface area contributed by atoms with E-state index < -0.39 is 0 Å². The predicted octanol–water partition coefficient (Wildman–Crippen LogP) is 5.88. The summed E-state index contributed by atoms with van der Waals surface area (Å²) in [6.45, 7) is 17.5. The zero-order chi connectivity index (χ0) is 13.9. The first kappa shape index (κ1) is 14.8. The van der Waals surface area contributed by atoms with Crippen LogP contribution >= 0.6 is 0 Å². The highest BCUT2D eigenvalue weighted by molar-refractivity contribution is 5.79. The van der Waals surface area contributed by atoms with Crippen LogP contribution in [-0.4, -0.2) is 0 Å². The molecule has 0 fully saturated rings. The summed E-state index contributed by atoms with van der Waals surface area (Å²) < 4.78 is 0. The lowest BCUT2D eigenvalue weighted by molar-refractivity contribution is 0.865. The van der Waals surface area contributed by atoms with Crippen molar-refractivity contribution in [2.45, 2.75) is 53.9 Å². The molecule has 98 valence electrons. The summed E-state index contributed by atoms with van der Waals surface area (Å²) in [5.74, 6) is 0.564. The summed E-state index contributed by atoms with van der Waals surface area (Å²) in [6.07, 6.45) is 1.09. The first-order valence-corrected chi connectivity index (χ1v) is 6.85. The van der Waals surface area contributed by atoms with Gasteiger partial charge in [-0.1, -0.05) is 51.1 Å². The van der Waals surface area contributed by atoms with Crippen molar-refractivity contribution in [3.05, 3.63) is 52.6 Å². The third kappa shape index (κ3) is 3.13. The molecule has 1 aromatic carbocycles. The quantitative estimate of drug-likeness (QED) is 0.578. The average Bonchev–Trinajstić information content (AvgIpc) is 2.36. The van der Waals surface area contributed by atoms with Crippen LogP contribution in [0.25, 0.3) is 5.57 Å². The van der Waals surface area contributed by atoms with Crippen LogP contribution in [0.2, 0.25) is 0 Å². The Labute approximate surface area is 112 Å². The highest BCUT2D eigenvalue weighted by Gasteiger charge is 2.09. The van der Waals surface area contributed by atoms with Crippen LogP contribution in [0, 0.1) is 6.92 Å². The second-order valence-electron chi connectivity index (χ2n) is 5.47. The van der Waals surface area contributed by atoms with Gasteiger partial charge in [0, 0.05) is 0 Å². The Morgan fingerprint density at radius 2 is 1.83 bits per heavy atom. The highest BCUT2D eigenvalue weighted by atomic mass is 14.1. The van der Waals surface area contributed by atoms with Crippen LogP contribution in [0.4, 0.5) is 0 Å². The van der Waals surface area contributed by atoms with Gasteiger partial charge < -0.3 is 0 Å². The molecule has 0 nitrogen and oxygen atoms in total. The largest absolute Gasteiger partial charge is 0.0909 e. The van der Waals surface area contributed by atoms with Gasteiger partial charge in [0.1, 0.15) is 0 Å². The van der Waals surface area contributed by atoms with E-state index in [0.717, 1.165) is 6.42 Å². The van der Waals surface area contributed by atoms with Crippen molar-refractivity contribution in [2.24, 2.45) is 0 Å². The lowest BCUT2D eigenvalue weighted by atomic mass is 9.90. The number of benzene rings is 1. The minimum atomic E-state index is 0.564. The van der Waals surface area contributed by atoms with Crippen LogP contribution in [0.15, 0.2) is 35.9 Å². The third-order valence-corrected chi connectivity index (χ3v) is 3.88. The van der Waals surface area contributed by atoms with Crippen LogP contribution < -0.4 is 0 Å². The maximum Gasteiger partial charge on any atom is -0.0155 e. The fourth-order valence-corrected chi connectivity index (χ4v) is 2.05. The van der Waals surface area contributed by atoms with E-state index in [1.165, 1.54) is 33.4 Å². The summed E-state index contributed by atoms with van der Waals surface area (Å²) in [5, 5.41) is 0. The topological polar surface area (TPSA) is 0 Å². The molecule has 0 N–H and O–H groups in total. The van der Waals surface area contributed by atoms with Crippen molar-refractivity contribution in [2.75, 3.05) is 0 Å². The molecule has 18 heavy (non-hydrogen) atoms. The van der Waals surface area contributed by atoms with E-state index in [4.69, 9.17) is 0 Å².